The Morgan fingerprint density at radius 2 is 1.69 bits per heavy atom. The summed E-state index contributed by atoms with van der Waals surface area (Å²) >= 11 is 4.48. The highest BCUT2D eigenvalue weighted by Crippen LogP contribution is 2.41. The van der Waals surface area contributed by atoms with Crippen LogP contribution in [0.25, 0.3) is 33.8 Å². The maximum Gasteiger partial charge on any atom is 0.273 e. The highest BCUT2D eigenvalue weighted by Gasteiger charge is 2.22. The van der Waals surface area contributed by atoms with Gasteiger partial charge >= 0.3 is 0 Å². The molecule has 0 radical (unpaired) electrons. The molecule has 0 aliphatic rings. The number of aromatic hydroxyl groups is 1. The smallest absolute Gasteiger partial charge is 0.273 e. The second-order valence-electron chi connectivity index (χ2n) is 6.90. The minimum atomic E-state index is -0.579. The van der Waals surface area contributed by atoms with E-state index in [1.54, 1.807) is 30.3 Å². The first-order valence-corrected chi connectivity index (χ1v) is 9.94. The molecule has 1 amide bonds. The first-order chi connectivity index (χ1) is 15.3. The van der Waals surface area contributed by atoms with Gasteiger partial charge in [0.1, 0.15) is 11.4 Å². The van der Waals surface area contributed by atoms with E-state index in [-0.39, 0.29) is 29.1 Å². The fraction of sp³-hybridized carbons (Fsp3) is 0.0435. The maximum atomic E-state index is 11.7. The molecule has 4 rings (SSSR count). The van der Waals surface area contributed by atoms with Crippen LogP contribution in [0.15, 0.2) is 76.0 Å². The number of carbonyl (C=O) groups excluding carboxylic acids is 1. The van der Waals surface area contributed by atoms with Gasteiger partial charge in [0.05, 0.1) is 11.0 Å². The second-order valence-corrected chi connectivity index (χ2v) is 7.38. The number of anilines is 1. The molecule has 1 heterocycles. The molecule has 0 aliphatic heterocycles. The van der Waals surface area contributed by atoms with E-state index in [0.29, 0.717) is 32.8 Å². The lowest BCUT2D eigenvalue weighted by atomic mass is 9.98. The maximum absolute atomic E-state index is 11.7. The van der Waals surface area contributed by atoms with Gasteiger partial charge in [-0.05, 0) is 23.8 Å². The number of nitrogens with zero attached hydrogens (tertiary/aromatic N) is 2. The summed E-state index contributed by atoms with van der Waals surface area (Å²) in [4.78, 5) is 27.4. The predicted molar refractivity (Wildman–Crippen MR) is 123 cm³/mol. The molecule has 0 spiro atoms. The molecule has 9 heteroatoms. The summed E-state index contributed by atoms with van der Waals surface area (Å²) in [5.74, 6) is -0.210. The molecule has 3 aromatic carbocycles. The van der Waals surface area contributed by atoms with Gasteiger partial charge in [-0.3, -0.25) is 20.2 Å². The lowest BCUT2D eigenvalue weighted by Crippen LogP contribution is -2.05. The molecule has 0 unspecified atom stereocenters. The minimum absolute atomic E-state index is 0.164. The zero-order chi connectivity index (χ0) is 22.8. The van der Waals surface area contributed by atoms with Gasteiger partial charge in [0.2, 0.25) is 17.7 Å². The summed E-state index contributed by atoms with van der Waals surface area (Å²) < 4.78 is 5.92. The Bertz CT molecular complexity index is 1350. The number of benzene rings is 3. The zero-order valence-corrected chi connectivity index (χ0v) is 17.7. The van der Waals surface area contributed by atoms with Crippen LogP contribution in [0.1, 0.15) is 6.92 Å². The first kappa shape index (κ1) is 21.1. The van der Waals surface area contributed by atoms with Gasteiger partial charge < -0.3 is 9.52 Å². The van der Waals surface area contributed by atoms with E-state index in [4.69, 9.17) is 4.42 Å². The second kappa shape index (κ2) is 8.56. The van der Waals surface area contributed by atoms with Crippen LogP contribution in [0.5, 0.6) is 5.75 Å². The lowest BCUT2D eigenvalue weighted by molar-refractivity contribution is -0.384. The molecule has 0 saturated heterocycles. The summed E-state index contributed by atoms with van der Waals surface area (Å²) in [6.45, 7) is 1.36. The molecule has 0 fully saturated rings. The zero-order valence-electron chi connectivity index (χ0n) is 16.8. The van der Waals surface area contributed by atoms with Crippen LogP contribution < -0.4 is 5.32 Å². The van der Waals surface area contributed by atoms with E-state index >= 15 is 0 Å². The van der Waals surface area contributed by atoms with E-state index in [0.717, 1.165) is 6.07 Å². The van der Waals surface area contributed by atoms with E-state index in [2.05, 4.69) is 22.9 Å². The Hall–Kier alpha value is -4.11. The number of aromatic nitrogens is 1. The van der Waals surface area contributed by atoms with Crippen molar-refractivity contribution in [1.82, 2.24) is 4.98 Å². The average molecular weight is 447 g/mol. The van der Waals surface area contributed by atoms with Gasteiger partial charge in [-0.25, -0.2) is 4.98 Å². The molecule has 160 valence electrons. The van der Waals surface area contributed by atoms with Crippen LogP contribution in [0.3, 0.4) is 0 Å². The number of hydrogen-bond donors (Lipinski definition) is 3. The van der Waals surface area contributed by atoms with Crippen LogP contribution >= 0.6 is 12.6 Å². The van der Waals surface area contributed by atoms with Crippen molar-refractivity contribution >= 4 is 30.1 Å². The largest absolute Gasteiger partial charge is 0.507 e. The third-order valence-electron chi connectivity index (χ3n) is 4.72. The standard InChI is InChI=1S/C23H17N3O5S/c1-13(27)24-23-21(18-8-4-5-9-20(18)32)25-22(31-23)17-7-3-2-6-15(17)16-11-10-14(26(29)30)12-19(16)28/h2-12,28,32H,1H3,(H,24,27). The molecule has 0 aliphatic carbocycles. The number of phenolic OH excluding ortho intramolecular Hbond substituents is 1. The van der Waals surface area contributed by atoms with Crippen LogP contribution in [0.4, 0.5) is 11.6 Å². The van der Waals surface area contributed by atoms with Crippen molar-refractivity contribution in [2.75, 3.05) is 5.32 Å². The Kier molecular flexibility index (Phi) is 5.65. The number of oxazole rings is 1. The van der Waals surface area contributed by atoms with Crippen molar-refractivity contribution in [2.24, 2.45) is 0 Å². The molecular weight excluding hydrogens is 430 g/mol. The first-order valence-electron chi connectivity index (χ1n) is 9.49. The number of nitro groups is 1. The average Bonchev–Trinajstić information content (AvgIpc) is 3.16. The number of non-ortho nitro benzene ring substituents is 1. The number of hydrogen-bond acceptors (Lipinski definition) is 7. The van der Waals surface area contributed by atoms with Crippen molar-refractivity contribution < 1.29 is 19.2 Å². The Labute approximate surface area is 188 Å². The van der Waals surface area contributed by atoms with Crippen molar-refractivity contribution in [3.8, 4) is 39.6 Å². The van der Waals surface area contributed by atoms with E-state index < -0.39 is 4.92 Å². The van der Waals surface area contributed by atoms with Gasteiger partial charge in [0, 0.05) is 34.6 Å². The highest BCUT2D eigenvalue weighted by atomic mass is 32.1. The third kappa shape index (κ3) is 4.06. The molecule has 0 bridgehead atoms. The number of phenols is 1. The van der Waals surface area contributed by atoms with Gasteiger partial charge in [0.25, 0.3) is 5.69 Å². The van der Waals surface area contributed by atoms with Crippen LogP contribution in [0, 0.1) is 10.1 Å². The molecule has 32 heavy (non-hydrogen) atoms. The Morgan fingerprint density at radius 3 is 2.31 bits per heavy atom. The van der Waals surface area contributed by atoms with E-state index in [1.807, 2.05) is 18.2 Å². The van der Waals surface area contributed by atoms with Crippen LogP contribution in [-0.4, -0.2) is 20.9 Å². The Balaban J connectivity index is 1.88. The van der Waals surface area contributed by atoms with Crippen LogP contribution in [-0.2, 0) is 4.79 Å². The quantitative estimate of drug-likeness (QED) is 0.210. The number of rotatable bonds is 5. The van der Waals surface area contributed by atoms with E-state index in [1.165, 1.54) is 19.1 Å². The summed E-state index contributed by atoms with van der Waals surface area (Å²) in [6, 6.07) is 18.2. The van der Waals surface area contributed by atoms with Crippen LogP contribution in [0.2, 0.25) is 0 Å². The molecule has 8 nitrogen and oxygen atoms in total. The molecule has 4 aromatic rings. The van der Waals surface area contributed by atoms with Crippen molar-refractivity contribution in [1.29, 1.82) is 0 Å². The summed E-state index contributed by atoms with van der Waals surface area (Å²) in [6.07, 6.45) is 0. The number of amides is 1. The van der Waals surface area contributed by atoms with Gasteiger partial charge in [-0.15, -0.1) is 12.6 Å². The molecule has 1 aromatic heterocycles. The minimum Gasteiger partial charge on any atom is -0.507 e. The highest BCUT2D eigenvalue weighted by molar-refractivity contribution is 7.80. The molecule has 2 N–H and O–H groups in total. The lowest BCUT2D eigenvalue weighted by Gasteiger charge is -2.08. The molecule has 0 saturated carbocycles. The number of carbonyl (C=O) groups is 1. The summed E-state index contributed by atoms with van der Waals surface area (Å²) in [5, 5.41) is 24.1. The molecule has 0 atom stereocenters. The topological polar surface area (TPSA) is 118 Å². The summed E-state index contributed by atoms with van der Waals surface area (Å²) in [5.41, 5.74) is 2.32. The van der Waals surface area contributed by atoms with Crippen molar-refractivity contribution in [3.63, 3.8) is 0 Å². The van der Waals surface area contributed by atoms with Gasteiger partial charge in [0.15, 0.2) is 0 Å². The predicted octanol–water partition coefficient (Wildman–Crippen LogP) is 5.54. The fourth-order valence-electron chi connectivity index (χ4n) is 3.30. The van der Waals surface area contributed by atoms with E-state index in [9.17, 15) is 20.0 Å². The third-order valence-corrected chi connectivity index (χ3v) is 5.11. The fourth-order valence-corrected chi connectivity index (χ4v) is 3.57. The van der Waals surface area contributed by atoms with Gasteiger partial charge in [-0.2, -0.15) is 0 Å². The SMILES string of the molecule is CC(=O)Nc1oc(-c2ccccc2-c2ccc([N+](=O)[O-])cc2O)nc1-c1ccccc1S. The number of nitrogens with one attached hydrogen (secondary N) is 1. The molecular formula is C23H17N3O5S. The monoisotopic (exact) mass is 447 g/mol. The van der Waals surface area contributed by atoms with Gasteiger partial charge in [-0.1, -0.05) is 36.4 Å². The Morgan fingerprint density at radius 1 is 1.03 bits per heavy atom. The normalized spacial score (nSPS) is 10.7. The summed E-state index contributed by atoms with van der Waals surface area (Å²) in [7, 11) is 0. The van der Waals surface area contributed by atoms with Crippen molar-refractivity contribution in [2.45, 2.75) is 11.8 Å². The number of thiol groups is 1. The van der Waals surface area contributed by atoms with Crippen molar-refractivity contribution in [3.05, 3.63) is 76.8 Å². The number of nitro benzene ring substituents is 1.